The van der Waals surface area contributed by atoms with Crippen LogP contribution in [0.1, 0.15) is 24.1 Å². The number of carbonyl (C=O) groups is 1. The SMILES string of the molecule is COc1ccccc1[C@H](C)NC(=O)CSCc1ccccc1Cl. The van der Waals surface area contributed by atoms with Gasteiger partial charge in [-0.05, 0) is 24.6 Å². The number of benzene rings is 2. The van der Waals surface area contributed by atoms with Gasteiger partial charge in [0, 0.05) is 16.3 Å². The number of thioether (sulfide) groups is 1. The van der Waals surface area contributed by atoms with Crippen LogP contribution < -0.4 is 10.1 Å². The number of ether oxygens (including phenoxy) is 1. The molecule has 2 rings (SSSR count). The van der Waals surface area contributed by atoms with E-state index in [1.165, 1.54) is 0 Å². The van der Waals surface area contributed by atoms with E-state index in [2.05, 4.69) is 5.32 Å². The second kappa shape index (κ2) is 8.85. The summed E-state index contributed by atoms with van der Waals surface area (Å²) in [5.41, 5.74) is 2.02. The highest BCUT2D eigenvalue weighted by Gasteiger charge is 2.13. The summed E-state index contributed by atoms with van der Waals surface area (Å²) in [6.45, 7) is 1.95. The predicted molar refractivity (Wildman–Crippen MR) is 97.2 cm³/mol. The molecule has 122 valence electrons. The lowest BCUT2D eigenvalue weighted by atomic mass is 10.1. The average Bonchev–Trinajstić information content (AvgIpc) is 2.56. The van der Waals surface area contributed by atoms with Crippen LogP contribution in [0.5, 0.6) is 5.75 Å². The Morgan fingerprint density at radius 2 is 1.91 bits per heavy atom. The van der Waals surface area contributed by atoms with Crippen molar-refractivity contribution in [2.24, 2.45) is 0 Å². The molecule has 1 N–H and O–H groups in total. The Bertz CT molecular complexity index is 663. The Balaban J connectivity index is 1.84. The normalized spacial score (nSPS) is 11.8. The highest BCUT2D eigenvalue weighted by Crippen LogP contribution is 2.25. The van der Waals surface area contributed by atoms with E-state index in [0.717, 1.165) is 27.7 Å². The topological polar surface area (TPSA) is 38.3 Å². The van der Waals surface area contributed by atoms with Gasteiger partial charge in [0.15, 0.2) is 0 Å². The van der Waals surface area contributed by atoms with E-state index in [4.69, 9.17) is 16.3 Å². The first-order valence-corrected chi connectivity index (χ1v) is 8.88. The van der Waals surface area contributed by atoms with Crippen molar-refractivity contribution < 1.29 is 9.53 Å². The molecule has 0 aliphatic rings. The number of amides is 1. The molecular formula is C18H20ClNO2S. The Morgan fingerprint density at radius 1 is 1.22 bits per heavy atom. The van der Waals surface area contributed by atoms with Crippen LogP contribution in [0, 0.1) is 0 Å². The van der Waals surface area contributed by atoms with E-state index in [9.17, 15) is 4.79 Å². The molecule has 0 saturated heterocycles. The molecule has 5 heteroatoms. The zero-order valence-corrected chi connectivity index (χ0v) is 14.8. The average molecular weight is 350 g/mol. The predicted octanol–water partition coefficient (Wildman–Crippen LogP) is 4.46. The molecule has 23 heavy (non-hydrogen) atoms. The lowest BCUT2D eigenvalue weighted by Gasteiger charge is -2.17. The van der Waals surface area contributed by atoms with Gasteiger partial charge in [-0.15, -0.1) is 11.8 Å². The molecule has 0 saturated carbocycles. The van der Waals surface area contributed by atoms with Crippen LogP contribution in [-0.2, 0) is 10.5 Å². The molecule has 0 spiro atoms. The largest absolute Gasteiger partial charge is 0.496 e. The summed E-state index contributed by atoms with van der Waals surface area (Å²) in [4.78, 5) is 12.1. The van der Waals surface area contributed by atoms with Crippen molar-refractivity contribution >= 4 is 29.3 Å². The smallest absolute Gasteiger partial charge is 0.230 e. The lowest BCUT2D eigenvalue weighted by Crippen LogP contribution is -2.28. The number of nitrogens with one attached hydrogen (secondary N) is 1. The summed E-state index contributed by atoms with van der Waals surface area (Å²) in [7, 11) is 1.63. The zero-order valence-electron chi connectivity index (χ0n) is 13.2. The minimum absolute atomic E-state index is 0.000426. The van der Waals surface area contributed by atoms with E-state index in [1.807, 2.05) is 55.5 Å². The van der Waals surface area contributed by atoms with Crippen LogP contribution in [0.25, 0.3) is 0 Å². The maximum Gasteiger partial charge on any atom is 0.230 e. The van der Waals surface area contributed by atoms with Crippen LogP contribution in [0.2, 0.25) is 5.02 Å². The number of para-hydroxylation sites is 1. The first kappa shape index (κ1) is 17.7. The van der Waals surface area contributed by atoms with Gasteiger partial charge < -0.3 is 10.1 Å². The van der Waals surface area contributed by atoms with Gasteiger partial charge in [0.2, 0.25) is 5.91 Å². The molecule has 0 unspecified atom stereocenters. The standard InChI is InChI=1S/C18H20ClNO2S/c1-13(15-8-4-6-10-17(15)22-2)20-18(21)12-23-11-14-7-3-5-9-16(14)19/h3-10,13H,11-12H2,1-2H3,(H,20,21)/t13-/m0/s1. The van der Waals surface area contributed by atoms with Gasteiger partial charge >= 0.3 is 0 Å². The monoisotopic (exact) mass is 349 g/mol. The minimum atomic E-state index is -0.0976. The first-order valence-electron chi connectivity index (χ1n) is 7.35. The quantitative estimate of drug-likeness (QED) is 0.802. The van der Waals surface area contributed by atoms with Gasteiger partial charge in [-0.3, -0.25) is 4.79 Å². The van der Waals surface area contributed by atoms with Crippen molar-refractivity contribution in [2.45, 2.75) is 18.7 Å². The van der Waals surface area contributed by atoms with Crippen molar-refractivity contribution in [2.75, 3.05) is 12.9 Å². The molecule has 2 aromatic carbocycles. The molecule has 2 aromatic rings. The highest BCUT2D eigenvalue weighted by atomic mass is 35.5. The van der Waals surface area contributed by atoms with E-state index >= 15 is 0 Å². The lowest BCUT2D eigenvalue weighted by molar-refractivity contribution is -0.119. The number of hydrogen-bond donors (Lipinski definition) is 1. The number of methoxy groups -OCH3 is 1. The number of hydrogen-bond acceptors (Lipinski definition) is 3. The molecule has 0 aliphatic carbocycles. The van der Waals surface area contributed by atoms with Crippen LogP contribution in [-0.4, -0.2) is 18.8 Å². The molecular weight excluding hydrogens is 330 g/mol. The van der Waals surface area contributed by atoms with Crippen molar-refractivity contribution in [3.8, 4) is 5.75 Å². The Labute approximate surface area is 146 Å². The summed E-state index contributed by atoms with van der Waals surface area (Å²) in [5.74, 6) is 1.89. The van der Waals surface area contributed by atoms with Crippen LogP contribution in [0.4, 0.5) is 0 Å². The Hall–Kier alpha value is -1.65. The molecule has 0 aliphatic heterocycles. The Kier molecular flexibility index (Phi) is 6.81. The number of halogens is 1. The van der Waals surface area contributed by atoms with E-state index < -0.39 is 0 Å². The van der Waals surface area contributed by atoms with Gasteiger partial charge in [0.25, 0.3) is 0 Å². The van der Waals surface area contributed by atoms with Gasteiger partial charge in [-0.25, -0.2) is 0 Å². The van der Waals surface area contributed by atoms with Crippen LogP contribution >= 0.6 is 23.4 Å². The molecule has 1 amide bonds. The van der Waals surface area contributed by atoms with Crippen LogP contribution in [0.15, 0.2) is 48.5 Å². The van der Waals surface area contributed by atoms with E-state index in [0.29, 0.717) is 5.75 Å². The molecule has 0 heterocycles. The van der Waals surface area contributed by atoms with Gasteiger partial charge in [0.1, 0.15) is 5.75 Å². The highest BCUT2D eigenvalue weighted by molar-refractivity contribution is 7.99. The third-order valence-corrected chi connectivity index (χ3v) is 4.78. The molecule has 0 aromatic heterocycles. The number of rotatable bonds is 7. The van der Waals surface area contributed by atoms with Crippen LogP contribution in [0.3, 0.4) is 0 Å². The maximum absolute atomic E-state index is 12.1. The fraction of sp³-hybridized carbons (Fsp3) is 0.278. The van der Waals surface area contributed by atoms with Crippen molar-refractivity contribution in [3.63, 3.8) is 0 Å². The second-order valence-electron chi connectivity index (χ2n) is 5.12. The molecule has 0 bridgehead atoms. The van der Waals surface area contributed by atoms with Crippen molar-refractivity contribution in [1.82, 2.24) is 5.32 Å². The fourth-order valence-corrected chi connectivity index (χ4v) is 3.38. The summed E-state index contributed by atoms with van der Waals surface area (Å²) < 4.78 is 5.33. The van der Waals surface area contributed by atoms with Crippen molar-refractivity contribution in [3.05, 3.63) is 64.7 Å². The van der Waals surface area contributed by atoms with E-state index in [-0.39, 0.29) is 11.9 Å². The molecule has 1 atom stereocenters. The minimum Gasteiger partial charge on any atom is -0.496 e. The third kappa shape index (κ3) is 5.19. The third-order valence-electron chi connectivity index (χ3n) is 3.43. The zero-order chi connectivity index (χ0) is 16.7. The summed E-state index contributed by atoms with van der Waals surface area (Å²) in [6.07, 6.45) is 0. The molecule has 3 nitrogen and oxygen atoms in total. The van der Waals surface area contributed by atoms with E-state index in [1.54, 1.807) is 18.9 Å². The van der Waals surface area contributed by atoms with Gasteiger partial charge in [0.05, 0.1) is 18.9 Å². The van der Waals surface area contributed by atoms with Gasteiger partial charge in [-0.1, -0.05) is 48.0 Å². The molecule has 0 radical (unpaired) electrons. The van der Waals surface area contributed by atoms with Crippen molar-refractivity contribution in [1.29, 1.82) is 0 Å². The Morgan fingerprint density at radius 3 is 2.65 bits per heavy atom. The summed E-state index contributed by atoms with van der Waals surface area (Å²) >= 11 is 7.66. The summed E-state index contributed by atoms with van der Waals surface area (Å²) in [5, 5.41) is 3.74. The fourth-order valence-electron chi connectivity index (χ4n) is 2.25. The first-order chi connectivity index (χ1) is 11.1. The number of carbonyl (C=O) groups excluding carboxylic acids is 1. The van der Waals surface area contributed by atoms with Gasteiger partial charge in [-0.2, -0.15) is 0 Å². The maximum atomic E-state index is 12.1. The summed E-state index contributed by atoms with van der Waals surface area (Å²) in [6, 6.07) is 15.3. The second-order valence-corrected chi connectivity index (χ2v) is 6.51. The molecule has 0 fully saturated rings.